The fraction of sp³-hybridized carbons (Fsp3) is 0.667. The van der Waals surface area contributed by atoms with Crippen LogP contribution in [0.3, 0.4) is 0 Å². The molecular weight excluding hydrogens is 260 g/mol. The van der Waals surface area contributed by atoms with Gasteiger partial charge in [-0.05, 0) is 31.0 Å². The molecule has 1 aliphatic heterocycles. The van der Waals surface area contributed by atoms with Gasteiger partial charge in [-0.3, -0.25) is 4.90 Å². The third-order valence-electron chi connectivity index (χ3n) is 4.25. The summed E-state index contributed by atoms with van der Waals surface area (Å²) in [6.07, 6.45) is 5.21. The Labute approximate surface area is 129 Å². The molecule has 1 aliphatic rings. The second-order valence-corrected chi connectivity index (χ2v) is 5.80. The highest BCUT2D eigenvalue weighted by molar-refractivity contribution is 5.29. The van der Waals surface area contributed by atoms with E-state index >= 15 is 0 Å². The zero-order chi connectivity index (χ0) is 14.9. The van der Waals surface area contributed by atoms with Gasteiger partial charge in [0.15, 0.2) is 0 Å². The van der Waals surface area contributed by atoms with Crippen LogP contribution in [0.15, 0.2) is 24.3 Å². The van der Waals surface area contributed by atoms with E-state index in [1.165, 1.54) is 31.2 Å². The van der Waals surface area contributed by atoms with Crippen molar-refractivity contribution in [2.75, 3.05) is 32.8 Å². The quantitative estimate of drug-likeness (QED) is 0.740. The third-order valence-corrected chi connectivity index (χ3v) is 4.25. The second kappa shape index (κ2) is 9.06. The Morgan fingerprint density at radius 1 is 1.10 bits per heavy atom. The van der Waals surface area contributed by atoms with Crippen molar-refractivity contribution in [3.05, 3.63) is 29.8 Å². The van der Waals surface area contributed by atoms with E-state index in [9.17, 15) is 0 Å². The molecule has 1 atom stereocenters. The number of hydrogen-bond acceptors (Lipinski definition) is 3. The third kappa shape index (κ3) is 5.01. The molecule has 1 aromatic rings. The average molecular weight is 290 g/mol. The van der Waals surface area contributed by atoms with E-state index < -0.39 is 0 Å². The molecule has 0 bridgehead atoms. The van der Waals surface area contributed by atoms with Crippen LogP contribution in [0.5, 0.6) is 5.75 Å². The average Bonchev–Trinajstić information content (AvgIpc) is 2.54. The van der Waals surface area contributed by atoms with Gasteiger partial charge in [-0.15, -0.1) is 0 Å². The Hall–Kier alpha value is -1.06. The van der Waals surface area contributed by atoms with Crippen LogP contribution in [0.25, 0.3) is 0 Å². The molecule has 0 aromatic heterocycles. The topological polar surface area (TPSA) is 24.5 Å². The van der Waals surface area contributed by atoms with E-state index in [1.807, 2.05) is 6.92 Å². The Kier molecular flexibility index (Phi) is 7.04. The first-order valence-electron chi connectivity index (χ1n) is 8.52. The summed E-state index contributed by atoms with van der Waals surface area (Å²) in [6.45, 7) is 9.58. The molecule has 3 heteroatoms. The molecule has 0 aliphatic carbocycles. The van der Waals surface area contributed by atoms with Crippen molar-refractivity contribution in [3.8, 4) is 5.75 Å². The van der Waals surface area contributed by atoms with Crippen molar-refractivity contribution in [3.63, 3.8) is 0 Å². The van der Waals surface area contributed by atoms with Gasteiger partial charge in [0.2, 0.25) is 0 Å². The summed E-state index contributed by atoms with van der Waals surface area (Å²) in [6, 6.07) is 9.31. The van der Waals surface area contributed by atoms with Gasteiger partial charge in [0.05, 0.1) is 6.61 Å². The summed E-state index contributed by atoms with van der Waals surface area (Å²) in [4.78, 5) is 2.64. The standard InChI is InChI=1S/C18H30N2O/c1-3-5-6-7-18(20-14-12-19-13-15-20)16-8-10-17(11-9-16)21-4-2/h8-11,18-19H,3-7,12-15H2,1-2H3/t18-/m0/s1. The van der Waals surface area contributed by atoms with Crippen LogP contribution < -0.4 is 10.1 Å². The minimum atomic E-state index is 0.564. The van der Waals surface area contributed by atoms with E-state index in [1.54, 1.807) is 0 Å². The highest BCUT2D eigenvalue weighted by Gasteiger charge is 2.21. The van der Waals surface area contributed by atoms with Crippen LogP contribution in [-0.2, 0) is 0 Å². The van der Waals surface area contributed by atoms with E-state index in [4.69, 9.17) is 4.74 Å². The molecule has 2 rings (SSSR count). The van der Waals surface area contributed by atoms with Gasteiger partial charge in [-0.25, -0.2) is 0 Å². The largest absolute Gasteiger partial charge is 0.494 e. The highest BCUT2D eigenvalue weighted by atomic mass is 16.5. The van der Waals surface area contributed by atoms with Crippen LogP contribution >= 0.6 is 0 Å². The number of rotatable bonds is 8. The molecule has 1 N–H and O–H groups in total. The minimum Gasteiger partial charge on any atom is -0.494 e. The SMILES string of the molecule is CCCCC[C@@H](c1ccc(OCC)cc1)N1CCNCC1. The number of benzene rings is 1. The molecule has 1 aromatic carbocycles. The maximum atomic E-state index is 5.56. The van der Waals surface area contributed by atoms with Gasteiger partial charge >= 0.3 is 0 Å². The van der Waals surface area contributed by atoms with Crippen LogP contribution in [0, 0.1) is 0 Å². The lowest BCUT2D eigenvalue weighted by Gasteiger charge is -2.35. The molecule has 0 spiro atoms. The zero-order valence-electron chi connectivity index (χ0n) is 13.6. The van der Waals surface area contributed by atoms with Gasteiger partial charge in [-0.1, -0.05) is 38.3 Å². The molecule has 21 heavy (non-hydrogen) atoms. The van der Waals surface area contributed by atoms with E-state index in [2.05, 4.69) is 41.4 Å². The van der Waals surface area contributed by atoms with E-state index in [0.29, 0.717) is 6.04 Å². The summed E-state index contributed by atoms with van der Waals surface area (Å²) in [7, 11) is 0. The molecular formula is C18H30N2O. The number of nitrogens with zero attached hydrogens (tertiary/aromatic N) is 1. The monoisotopic (exact) mass is 290 g/mol. The number of unbranched alkanes of at least 4 members (excludes halogenated alkanes) is 2. The van der Waals surface area contributed by atoms with Gasteiger partial charge in [0.1, 0.15) is 5.75 Å². The van der Waals surface area contributed by atoms with Crippen LogP contribution in [0.2, 0.25) is 0 Å². The molecule has 0 saturated carbocycles. The van der Waals surface area contributed by atoms with Gasteiger partial charge < -0.3 is 10.1 Å². The first kappa shape index (κ1) is 16.3. The van der Waals surface area contributed by atoms with Crippen LogP contribution in [0.1, 0.15) is 51.1 Å². The molecule has 0 unspecified atom stereocenters. The Bertz CT molecular complexity index is 385. The molecule has 0 amide bonds. The predicted molar refractivity (Wildman–Crippen MR) is 88.9 cm³/mol. The lowest BCUT2D eigenvalue weighted by Crippen LogP contribution is -2.45. The summed E-state index contributed by atoms with van der Waals surface area (Å²) in [5.41, 5.74) is 1.44. The van der Waals surface area contributed by atoms with E-state index in [0.717, 1.165) is 38.5 Å². The molecule has 1 saturated heterocycles. The maximum absolute atomic E-state index is 5.56. The van der Waals surface area contributed by atoms with Crippen molar-refractivity contribution >= 4 is 0 Å². The highest BCUT2D eigenvalue weighted by Crippen LogP contribution is 2.28. The molecule has 3 nitrogen and oxygen atoms in total. The fourth-order valence-corrected chi connectivity index (χ4v) is 3.09. The van der Waals surface area contributed by atoms with Crippen LogP contribution in [0.4, 0.5) is 0 Å². The van der Waals surface area contributed by atoms with Crippen LogP contribution in [-0.4, -0.2) is 37.7 Å². The summed E-state index contributed by atoms with van der Waals surface area (Å²) in [5.74, 6) is 0.980. The summed E-state index contributed by atoms with van der Waals surface area (Å²) in [5, 5.41) is 3.45. The Balaban J connectivity index is 2.05. The van der Waals surface area contributed by atoms with Gasteiger partial charge in [0, 0.05) is 32.2 Å². The number of nitrogens with one attached hydrogen (secondary N) is 1. The fourth-order valence-electron chi connectivity index (χ4n) is 3.09. The summed E-state index contributed by atoms with van der Waals surface area (Å²) >= 11 is 0. The second-order valence-electron chi connectivity index (χ2n) is 5.80. The lowest BCUT2D eigenvalue weighted by molar-refractivity contribution is 0.162. The van der Waals surface area contributed by atoms with E-state index in [-0.39, 0.29) is 0 Å². The molecule has 0 radical (unpaired) electrons. The maximum Gasteiger partial charge on any atom is 0.119 e. The van der Waals surface area contributed by atoms with Crippen molar-refractivity contribution in [2.24, 2.45) is 0 Å². The number of piperazine rings is 1. The van der Waals surface area contributed by atoms with Crippen molar-refractivity contribution < 1.29 is 4.74 Å². The number of hydrogen-bond donors (Lipinski definition) is 1. The predicted octanol–water partition coefficient (Wildman–Crippen LogP) is 3.61. The van der Waals surface area contributed by atoms with Gasteiger partial charge in [0.25, 0.3) is 0 Å². The number of ether oxygens (including phenoxy) is 1. The van der Waals surface area contributed by atoms with Crippen molar-refractivity contribution in [1.82, 2.24) is 10.2 Å². The smallest absolute Gasteiger partial charge is 0.119 e. The van der Waals surface area contributed by atoms with Crippen molar-refractivity contribution in [2.45, 2.75) is 45.6 Å². The molecule has 118 valence electrons. The molecule has 1 heterocycles. The van der Waals surface area contributed by atoms with Crippen molar-refractivity contribution in [1.29, 1.82) is 0 Å². The minimum absolute atomic E-state index is 0.564. The normalized spacial score (nSPS) is 17.6. The Morgan fingerprint density at radius 2 is 1.81 bits per heavy atom. The molecule has 1 fully saturated rings. The Morgan fingerprint density at radius 3 is 2.43 bits per heavy atom. The lowest BCUT2D eigenvalue weighted by atomic mass is 9.98. The summed E-state index contributed by atoms with van der Waals surface area (Å²) < 4.78 is 5.56. The first-order valence-corrected chi connectivity index (χ1v) is 8.52. The van der Waals surface area contributed by atoms with Gasteiger partial charge in [-0.2, -0.15) is 0 Å². The zero-order valence-corrected chi connectivity index (χ0v) is 13.6. The first-order chi connectivity index (χ1) is 10.3.